The van der Waals surface area contributed by atoms with Crippen molar-refractivity contribution in [3.05, 3.63) is 17.9 Å². The Morgan fingerprint density at radius 3 is 2.65 bits per heavy atom. The van der Waals surface area contributed by atoms with E-state index in [-0.39, 0.29) is 11.9 Å². The molecule has 0 bridgehead atoms. The van der Waals surface area contributed by atoms with Gasteiger partial charge in [0.15, 0.2) is 5.76 Å². The van der Waals surface area contributed by atoms with Gasteiger partial charge in [0.1, 0.15) is 0 Å². The van der Waals surface area contributed by atoms with Crippen LogP contribution >= 0.6 is 0 Å². The normalized spacial score (nSPS) is 24.1. The molecule has 1 aromatic heterocycles. The van der Waals surface area contributed by atoms with Crippen LogP contribution in [0, 0.1) is 0 Å². The monoisotopic (exact) mass is 320 g/mol. The molecule has 2 fully saturated rings. The molecule has 1 N–H and O–H groups in total. The van der Waals surface area contributed by atoms with E-state index in [1.807, 2.05) is 0 Å². The summed E-state index contributed by atoms with van der Waals surface area (Å²) in [5.74, 6) is 0.563. The molecule has 2 aliphatic rings. The van der Waals surface area contributed by atoms with Gasteiger partial charge in [-0.25, -0.2) is 0 Å². The van der Waals surface area contributed by atoms with Crippen molar-refractivity contribution in [2.45, 2.75) is 63.5 Å². The number of nitrogens with zero attached hydrogens (tertiary/aromatic N) is 1. The molecular formula is C18H28N2O3. The number of methoxy groups -OCH3 is 1. The number of furan rings is 1. The first-order valence-electron chi connectivity index (χ1n) is 8.95. The highest BCUT2D eigenvalue weighted by Crippen LogP contribution is 2.25. The second kappa shape index (κ2) is 7.86. The van der Waals surface area contributed by atoms with E-state index < -0.39 is 0 Å². The fourth-order valence-electron chi connectivity index (χ4n) is 3.89. The van der Waals surface area contributed by atoms with E-state index in [1.54, 1.807) is 12.1 Å². The minimum atomic E-state index is -0.138. The third kappa shape index (κ3) is 4.28. The summed E-state index contributed by atoms with van der Waals surface area (Å²) in [5, 5.41) is 3.13. The molecular weight excluding hydrogens is 292 g/mol. The number of hydrogen-bond donors (Lipinski definition) is 1. The smallest absolute Gasteiger partial charge is 0.287 e. The van der Waals surface area contributed by atoms with E-state index in [2.05, 4.69) is 10.2 Å². The van der Waals surface area contributed by atoms with Gasteiger partial charge in [-0.15, -0.1) is 0 Å². The Morgan fingerprint density at radius 2 is 1.96 bits per heavy atom. The number of hydrogen-bond acceptors (Lipinski definition) is 4. The topological polar surface area (TPSA) is 54.7 Å². The van der Waals surface area contributed by atoms with E-state index in [9.17, 15) is 4.79 Å². The minimum absolute atomic E-state index is 0.138. The zero-order chi connectivity index (χ0) is 16.1. The van der Waals surface area contributed by atoms with Crippen LogP contribution in [0.25, 0.3) is 0 Å². The molecule has 1 saturated heterocycles. The summed E-state index contributed by atoms with van der Waals surface area (Å²) in [4.78, 5) is 14.9. The lowest BCUT2D eigenvalue weighted by atomic mass is 10.00. The number of carbonyl (C=O) groups excluding carboxylic acids is 1. The fourth-order valence-corrected chi connectivity index (χ4v) is 3.89. The zero-order valence-corrected chi connectivity index (χ0v) is 14.1. The summed E-state index contributed by atoms with van der Waals surface area (Å²) in [6, 6.07) is 4.27. The first-order valence-corrected chi connectivity index (χ1v) is 8.95. The van der Waals surface area contributed by atoms with Crippen LogP contribution in [0.4, 0.5) is 0 Å². The van der Waals surface area contributed by atoms with Crippen molar-refractivity contribution in [2.24, 2.45) is 0 Å². The molecule has 0 aromatic carbocycles. The van der Waals surface area contributed by atoms with Crippen molar-refractivity contribution in [3.63, 3.8) is 0 Å². The zero-order valence-electron chi connectivity index (χ0n) is 14.1. The quantitative estimate of drug-likeness (QED) is 0.866. The minimum Gasteiger partial charge on any atom is -0.468 e. The number of carbonyl (C=O) groups is 1. The maximum Gasteiger partial charge on any atom is 0.287 e. The Hall–Kier alpha value is -1.49. The first kappa shape index (κ1) is 16.4. The second-order valence-corrected chi connectivity index (χ2v) is 6.78. The van der Waals surface area contributed by atoms with Crippen molar-refractivity contribution in [1.82, 2.24) is 10.2 Å². The molecule has 0 radical (unpaired) electrons. The van der Waals surface area contributed by atoms with Crippen LogP contribution in [-0.4, -0.2) is 43.1 Å². The van der Waals surface area contributed by atoms with Crippen LogP contribution in [0.5, 0.6) is 5.95 Å². The van der Waals surface area contributed by atoms with Gasteiger partial charge >= 0.3 is 0 Å². The number of amides is 1. The van der Waals surface area contributed by atoms with Gasteiger partial charge in [-0.3, -0.25) is 9.69 Å². The van der Waals surface area contributed by atoms with Crippen LogP contribution < -0.4 is 10.1 Å². The van der Waals surface area contributed by atoms with E-state index in [4.69, 9.17) is 9.15 Å². The Labute approximate surface area is 138 Å². The molecule has 1 atom stereocenters. The van der Waals surface area contributed by atoms with E-state index in [0.717, 1.165) is 19.4 Å². The van der Waals surface area contributed by atoms with Crippen LogP contribution in [0.1, 0.15) is 61.9 Å². The Kier molecular flexibility index (Phi) is 5.60. The summed E-state index contributed by atoms with van der Waals surface area (Å²) in [6.45, 7) is 2.14. The average Bonchev–Trinajstić information content (AvgIpc) is 2.89. The largest absolute Gasteiger partial charge is 0.468 e. The second-order valence-electron chi connectivity index (χ2n) is 6.78. The van der Waals surface area contributed by atoms with E-state index in [0.29, 0.717) is 17.7 Å². The number of nitrogens with one attached hydrogen (secondary N) is 1. The molecule has 3 rings (SSSR count). The van der Waals surface area contributed by atoms with Gasteiger partial charge in [0, 0.05) is 24.7 Å². The molecule has 0 unspecified atom stereocenters. The van der Waals surface area contributed by atoms with Crippen molar-refractivity contribution in [1.29, 1.82) is 0 Å². The lowest BCUT2D eigenvalue weighted by Crippen LogP contribution is -2.50. The highest BCUT2D eigenvalue weighted by atomic mass is 16.6. The van der Waals surface area contributed by atoms with Gasteiger partial charge in [0.25, 0.3) is 11.9 Å². The standard InChI is InChI=1S/C18H28N2O3/c1-22-17-11-10-16(23-17)18(21)19-14-7-6-12-20(13-14)15-8-4-2-3-5-9-15/h10-11,14-15H,2-9,12-13H2,1H3,(H,19,21)/t14-/m0/s1. The first-order chi connectivity index (χ1) is 11.3. The lowest BCUT2D eigenvalue weighted by molar-refractivity contribution is 0.0829. The molecule has 1 aromatic rings. The molecule has 1 aliphatic heterocycles. The Bertz CT molecular complexity index is 506. The summed E-state index contributed by atoms with van der Waals surface area (Å²) < 4.78 is 10.3. The van der Waals surface area contributed by atoms with Crippen molar-refractivity contribution in [3.8, 4) is 5.95 Å². The molecule has 0 spiro atoms. The summed E-state index contributed by atoms with van der Waals surface area (Å²) in [6.07, 6.45) is 10.3. The molecule has 128 valence electrons. The van der Waals surface area contributed by atoms with Crippen molar-refractivity contribution in [2.75, 3.05) is 20.2 Å². The van der Waals surface area contributed by atoms with Crippen LogP contribution in [-0.2, 0) is 0 Å². The average molecular weight is 320 g/mol. The third-order valence-corrected chi connectivity index (χ3v) is 5.14. The van der Waals surface area contributed by atoms with Gasteiger partial charge in [-0.1, -0.05) is 25.7 Å². The SMILES string of the molecule is COc1ccc(C(=O)N[C@H]2CCCN(C3CCCCCC3)C2)o1. The highest BCUT2D eigenvalue weighted by molar-refractivity contribution is 5.91. The highest BCUT2D eigenvalue weighted by Gasteiger charge is 2.27. The molecule has 5 heteroatoms. The van der Waals surface area contributed by atoms with Crippen LogP contribution in [0.15, 0.2) is 16.5 Å². The fraction of sp³-hybridized carbons (Fsp3) is 0.722. The van der Waals surface area contributed by atoms with Gasteiger partial charge in [0.2, 0.25) is 0 Å². The predicted octanol–water partition coefficient (Wildman–Crippen LogP) is 3.21. The van der Waals surface area contributed by atoms with E-state index >= 15 is 0 Å². The van der Waals surface area contributed by atoms with Gasteiger partial charge < -0.3 is 14.5 Å². The van der Waals surface area contributed by atoms with Crippen LogP contribution in [0.2, 0.25) is 0 Å². The Balaban J connectivity index is 1.54. The van der Waals surface area contributed by atoms with Crippen molar-refractivity contribution < 1.29 is 13.9 Å². The summed E-state index contributed by atoms with van der Waals surface area (Å²) >= 11 is 0. The Morgan fingerprint density at radius 1 is 1.17 bits per heavy atom. The lowest BCUT2D eigenvalue weighted by Gasteiger charge is -2.38. The van der Waals surface area contributed by atoms with Crippen molar-refractivity contribution >= 4 is 5.91 Å². The van der Waals surface area contributed by atoms with Crippen LogP contribution in [0.3, 0.4) is 0 Å². The third-order valence-electron chi connectivity index (χ3n) is 5.14. The summed E-state index contributed by atoms with van der Waals surface area (Å²) in [5.41, 5.74) is 0. The molecule has 5 nitrogen and oxygen atoms in total. The molecule has 23 heavy (non-hydrogen) atoms. The van der Waals surface area contributed by atoms with Gasteiger partial charge in [-0.05, 0) is 38.3 Å². The number of likely N-dealkylation sites (tertiary alicyclic amines) is 1. The van der Waals surface area contributed by atoms with E-state index in [1.165, 1.54) is 52.2 Å². The summed E-state index contributed by atoms with van der Waals surface area (Å²) in [7, 11) is 1.53. The molecule has 2 heterocycles. The number of rotatable bonds is 4. The molecule has 1 saturated carbocycles. The van der Waals surface area contributed by atoms with Gasteiger partial charge in [0.05, 0.1) is 7.11 Å². The maximum absolute atomic E-state index is 12.3. The number of ether oxygens (including phenoxy) is 1. The molecule has 1 aliphatic carbocycles. The number of piperidine rings is 1. The molecule has 1 amide bonds. The maximum atomic E-state index is 12.3. The van der Waals surface area contributed by atoms with Gasteiger partial charge in [-0.2, -0.15) is 0 Å². The predicted molar refractivity (Wildman–Crippen MR) is 88.8 cm³/mol.